The summed E-state index contributed by atoms with van der Waals surface area (Å²) >= 11 is 1.89. The van der Waals surface area contributed by atoms with Crippen LogP contribution >= 0.6 is 11.8 Å². The van der Waals surface area contributed by atoms with Crippen LogP contribution in [0.25, 0.3) is 0 Å². The minimum atomic E-state index is 0.655. The van der Waals surface area contributed by atoms with Gasteiger partial charge in [-0.2, -0.15) is 0 Å². The van der Waals surface area contributed by atoms with Crippen LogP contribution in [0.5, 0.6) is 0 Å². The second kappa shape index (κ2) is 7.80. The quantitative estimate of drug-likeness (QED) is 0.792. The fraction of sp³-hybridized carbons (Fsp3) is 0.667. The van der Waals surface area contributed by atoms with Gasteiger partial charge in [-0.25, -0.2) is 4.98 Å². The molecule has 18 heavy (non-hydrogen) atoms. The second-order valence-electron chi connectivity index (χ2n) is 5.04. The van der Waals surface area contributed by atoms with E-state index in [0.717, 1.165) is 23.2 Å². The van der Waals surface area contributed by atoms with Gasteiger partial charge in [-0.1, -0.05) is 32.3 Å². The van der Waals surface area contributed by atoms with Gasteiger partial charge in [-0.3, -0.25) is 0 Å². The molecule has 1 N–H and O–H groups in total. The van der Waals surface area contributed by atoms with Gasteiger partial charge in [0.2, 0.25) is 0 Å². The zero-order valence-electron chi connectivity index (χ0n) is 11.3. The van der Waals surface area contributed by atoms with Gasteiger partial charge >= 0.3 is 0 Å². The molecule has 1 atom stereocenters. The summed E-state index contributed by atoms with van der Waals surface area (Å²) < 4.78 is 0. The molecule has 2 rings (SSSR count). The van der Waals surface area contributed by atoms with Gasteiger partial charge in [0.1, 0.15) is 0 Å². The Labute approximate surface area is 115 Å². The van der Waals surface area contributed by atoms with Gasteiger partial charge in [-0.15, -0.1) is 11.8 Å². The summed E-state index contributed by atoms with van der Waals surface area (Å²) in [6, 6.07) is 6.81. The first kappa shape index (κ1) is 13.9. The van der Waals surface area contributed by atoms with Gasteiger partial charge in [-0.05, 0) is 37.4 Å². The molecule has 0 saturated heterocycles. The molecule has 100 valence electrons. The van der Waals surface area contributed by atoms with E-state index in [9.17, 15) is 0 Å². The number of aromatic nitrogens is 1. The molecule has 1 aromatic heterocycles. The largest absolute Gasteiger partial charge is 0.313 e. The van der Waals surface area contributed by atoms with E-state index in [1.54, 1.807) is 0 Å². The Balaban J connectivity index is 1.85. The molecule has 0 radical (unpaired) electrons. The second-order valence-corrected chi connectivity index (χ2v) is 6.08. The lowest BCUT2D eigenvalue weighted by atomic mass is 9.84. The first-order valence-electron chi connectivity index (χ1n) is 7.17. The summed E-state index contributed by atoms with van der Waals surface area (Å²) in [5.41, 5.74) is 0. The van der Waals surface area contributed by atoms with Crippen molar-refractivity contribution in [2.24, 2.45) is 5.92 Å². The first-order chi connectivity index (χ1) is 8.90. The van der Waals surface area contributed by atoms with Crippen molar-refractivity contribution in [3.05, 3.63) is 24.4 Å². The predicted octanol–water partition coefficient (Wildman–Crippen LogP) is 3.73. The van der Waals surface area contributed by atoms with Crippen molar-refractivity contribution in [1.82, 2.24) is 10.3 Å². The number of rotatable bonds is 6. The average molecular weight is 264 g/mol. The maximum atomic E-state index is 4.39. The molecule has 0 aromatic carbocycles. The number of hydrogen-bond acceptors (Lipinski definition) is 3. The SMILES string of the molecule is CCNC(CSc1ccccn1)C1CCCCC1. The Morgan fingerprint density at radius 1 is 1.33 bits per heavy atom. The summed E-state index contributed by atoms with van der Waals surface area (Å²) in [7, 11) is 0. The zero-order chi connectivity index (χ0) is 12.6. The highest BCUT2D eigenvalue weighted by Crippen LogP contribution is 2.29. The summed E-state index contributed by atoms with van der Waals surface area (Å²) in [5.74, 6) is 2.02. The zero-order valence-corrected chi connectivity index (χ0v) is 12.1. The van der Waals surface area contributed by atoms with E-state index in [0.29, 0.717) is 6.04 Å². The standard InChI is InChI=1S/C15H24N2S/c1-2-16-14(13-8-4-3-5-9-13)12-18-15-10-6-7-11-17-15/h6-7,10-11,13-14,16H,2-5,8-9,12H2,1H3. The van der Waals surface area contributed by atoms with Crippen LogP contribution in [0.1, 0.15) is 39.0 Å². The third-order valence-electron chi connectivity index (χ3n) is 3.73. The highest BCUT2D eigenvalue weighted by molar-refractivity contribution is 7.99. The van der Waals surface area contributed by atoms with Crippen molar-refractivity contribution in [1.29, 1.82) is 0 Å². The van der Waals surface area contributed by atoms with Gasteiger partial charge in [0, 0.05) is 18.0 Å². The summed E-state index contributed by atoms with van der Waals surface area (Å²) in [6.07, 6.45) is 8.95. The Hall–Kier alpha value is -0.540. The topological polar surface area (TPSA) is 24.9 Å². The van der Waals surface area contributed by atoms with E-state index < -0.39 is 0 Å². The van der Waals surface area contributed by atoms with E-state index in [2.05, 4.69) is 29.4 Å². The van der Waals surface area contributed by atoms with Crippen LogP contribution in [0.15, 0.2) is 29.4 Å². The molecule has 0 bridgehead atoms. The van der Waals surface area contributed by atoms with Gasteiger partial charge in [0.05, 0.1) is 5.03 Å². The summed E-state index contributed by atoms with van der Waals surface area (Å²) in [4.78, 5) is 4.39. The van der Waals surface area contributed by atoms with Crippen LogP contribution in [-0.4, -0.2) is 23.3 Å². The molecule has 0 aliphatic heterocycles. The fourth-order valence-electron chi connectivity index (χ4n) is 2.77. The van der Waals surface area contributed by atoms with Crippen molar-refractivity contribution in [3.8, 4) is 0 Å². The minimum Gasteiger partial charge on any atom is -0.313 e. The van der Waals surface area contributed by atoms with Crippen LogP contribution in [-0.2, 0) is 0 Å². The minimum absolute atomic E-state index is 0.655. The van der Waals surface area contributed by atoms with Crippen LogP contribution in [0.2, 0.25) is 0 Å². The number of nitrogens with one attached hydrogen (secondary N) is 1. The Morgan fingerprint density at radius 2 is 2.17 bits per heavy atom. The van der Waals surface area contributed by atoms with Gasteiger partial charge in [0.25, 0.3) is 0 Å². The van der Waals surface area contributed by atoms with E-state index in [1.165, 1.54) is 32.1 Å². The first-order valence-corrected chi connectivity index (χ1v) is 8.16. The number of nitrogens with zero attached hydrogens (tertiary/aromatic N) is 1. The molecule has 1 aliphatic rings. The predicted molar refractivity (Wildman–Crippen MR) is 79.0 cm³/mol. The van der Waals surface area contributed by atoms with Crippen molar-refractivity contribution in [2.75, 3.05) is 12.3 Å². The van der Waals surface area contributed by atoms with Crippen molar-refractivity contribution in [2.45, 2.75) is 50.1 Å². The Bertz CT molecular complexity index is 323. The van der Waals surface area contributed by atoms with E-state index in [-0.39, 0.29) is 0 Å². The lowest BCUT2D eigenvalue weighted by Crippen LogP contribution is -2.39. The van der Waals surface area contributed by atoms with Crippen LogP contribution in [0.3, 0.4) is 0 Å². The lowest BCUT2D eigenvalue weighted by Gasteiger charge is -2.30. The summed E-state index contributed by atoms with van der Waals surface area (Å²) in [5, 5.41) is 4.82. The maximum Gasteiger partial charge on any atom is 0.0960 e. The third-order valence-corrected chi connectivity index (χ3v) is 4.80. The lowest BCUT2D eigenvalue weighted by molar-refractivity contribution is 0.288. The molecule has 1 saturated carbocycles. The highest BCUT2D eigenvalue weighted by Gasteiger charge is 2.22. The van der Waals surface area contributed by atoms with E-state index in [1.807, 2.05) is 24.0 Å². The molecule has 0 amide bonds. The average Bonchev–Trinajstić information content (AvgIpc) is 2.45. The smallest absolute Gasteiger partial charge is 0.0960 e. The molecule has 1 aromatic rings. The Morgan fingerprint density at radius 3 is 2.83 bits per heavy atom. The van der Waals surface area contributed by atoms with Crippen LogP contribution < -0.4 is 5.32 Å². The molecule has 1 aliphatic carbocycles. The molecule has 1 fully saturated rings. The van der Waals surface area contributed by atoms with E-state index in [4.69, 9.17) is 0 Å². The number of hydrogen-bond donors (Lipinski definition) is 1. The van der Waals surface area contributed by atoms with Crippen LogP contribution in [0.4, 0.5) is 0 Å². The van der Waals surface area contributed by atoms with E-state index >= 15 is 0 Å². The van der Waals surface area contributed by atoms with Crippen molar-refractivity contribution >= 4 is 11.8 Å². The summed E-state index contributed by atoms with van der Waals surface area (Å²) in [6.45, 7) is 3.28. The number of pyridine rings is 1. The van der Waals surface area contributed by atoms with Gasteiger partial charge < -0.3 is 5.32 Å². The molecular weight excluding hydrogens is 240 g/mol. The normalized spacial score (nSPS) is 18.7. The van der Waals surface area contributed by atoms with Gasteiger partial charge in [0.15, 0.2) is 0 Å². The van der Waals surface area contributed by atoms with Crippen molar-refractivity contribution in [3.63, 3.8) is 0 Å². The molecule has 2 nitrogen and oxygen atoms in total. The van der Waals surface area contributed by atoms with Crippen LogP contribution in [0, 0.1) is 5.92 Å². The fourth-order valence-corrected chi connectivity index (χ4v) is 3.82. The monoisotopic (exact) mass is 264 g/mol. The van der Waals surface area contributed by atoms with Crippen molar-refractivity contribution < 1.29 is 0 Å². The third kappa shape index (κ3) is 4.29. The molecule has 1 unspecified atom stereocenters. The highest BCUT2D eigenvalue weighted by atomic mass is 32.2. The molecular formula is C15H24N2S. The maximum absolute atomic E-state index is 4.39. The number of thioether (sulfide) groups is 1. The Kier molecular flexibility index (Phi) is 6.01. The molecule has 0 spiro atoms. The molecule has 1 heterocycles. The molecule has 3 heteroatoms.